The number of nitrogens with zero attached hydrogens (tertiary/aromatic N) is 3. The van der Waals surface area contributed by atoms with Crippen LogP contribution in [0.4, 0.5) is 10.1 Å². The van der Waals surface area contributed by atoms with Crippen molar-refractivity contribution in [2.24, 2.45) is 0 Å². The third-order valence-corrected chi connectivity index (χ3v) is 6.94. The van der Waals surface area contributed by atoms with Crippen LogP contribution in [0.15, 0.2) is 91.1 Å². The zero-order chi connectivity index (χ0) is 25.9. The van der Waals surface area contributed by atoms with Gasteiger partial charge in [-0.15, -0.1) is 0 Å². The van der Waals surface area contributed by atoms with Crippen LogP contribution in [0, 0.1) is 12.7 Å². The number of carbonyl (C=O) groups excluding carboxylic acids is 2. The second kappa shape index (κ2) is 10.4. The first-order valence-corrected chi connectivity index (χ1v) is 12.7. The van der Waals surface area contributed by atoms with E-state index in [0.29, 0.717) is 12.1 Å². The van der Waals surface area contributed by atoms with Gasteiger partial charge in [-0.05, 0) is 66.9 Å². The highest BCUT2D eigenvalue weighted by molar-refractivity contribution is 6.03. The summed E-state index contributed by atoms with van der Waals surface area (Å²) in [4.78, 5) is 31.2. The summed E-state index contributed by atoms with van der Waals surface area (Å²) in [5, 5.41) is 0. The molecule has 0 saturated carbocycles. The molecule has 1 aliphatic rings. The molecule has 0 N–H and O–H groups in total. The normalized spacial score (nSPS) is 14.1. The van der Waals surface area contributed by atoms with Gasteiger partial charge in [0, 0.05) is 18.3 Å². The highest BCUT2D eigenvalue weighted by Gasteiger charge is 2.37. The molecule has 37 heavy (non-hydrogen) atoms. The largest absolute Gasteiger partial charge is 0.329 e. The Labute approximate surface area is 216 Å². The maximum atomic E-state index is 14.2. The Bertz CT molecular complexity index is 1430. The SMILES string of the molecule is CCCCN(CC(=O)N1c2ccccc2-n2cccc2C1c1ccc(F)cc1)C(=O)c1ccccc1C. The minimum absolute atomic E-state index is 0.0556. The number of anilines is 1. The number of unbranched alkanes of at least 4 members (excludes halogenated alkanes) is 1. The summed E-state index contributed by atoms with van der Waals surface area (Å²) >= 11 is 0. The summed E-state index contributed by atoms with van der Waals surface area (Å²) in [7, 11) is 0. The molecule has 0 saturated heterocycles. The van der Waals surface area contributed by atoms with E-state index in [-0.39, 0.29) is 24.2 Å². The van der Waals surface area contributed by atoms with E-state index >= 15 is 0 Å². The molecule has 3 aromatic carbocycles. The number of benzene rings is 3. The van der Waals surface area contributed by atoms with E-state index in [9.17, 15) is 14.0 Å². The Morgan fingerprint density at radius 3 is 2.32 bits per heavy atom. The van der Waals surface area contributed by atoms with Gasteiger partial charge >= 0.3 is 0 Å². The van der Waals surface area contributed by atoms with E-state index in [1.165, 1.54) is 12.1 Å². The molecule has 4 aromatic rings. The number of hydrogen-bond acceptors (Lipinski definition) is 2. The second-order valence-electron chi connectivity index (χ2n) is 9.40. The molecule has 188 valence electrons. The molecule has 2 heterocycles. The monoisotopic (exact) mass is 495 g/mol. The molecule has 1 aromatic heterocycles. The van der Waals surface area contributed by atoms with Gasteiger partial charge in [-0.25, -0.2) is 4.39 Å². The fraction of sp³-hybridized carbons (Fsp3) is 0.226. The van der Waals surface area contributed by atoms with Gasteiger partial charge < -0.3 is 9.47 Å². The van der Waals surface area contributed by atoms with Crippen molar-refractivity contribution in [1.29, 1.82) is 0 Å². The lowest BCUT2D eigenvalue weighted by Crippen LogP contribution is -2.47. The number of fused-ring (bicyclic) bond motifs is 3. The predicted octanol–water partition coefficient (Wildman–Crippen LogP) is 6.30. The average molecular weight is 496 g/mol. The lowest BCUT2D eigenvalue weighted by Gasteiger charge is -2.39. The molecule has 1 unspecified atom stereocenters. The molecule has 0 bridgehead atoms. The summed E-state index contributed by atoms with van der Waals surface area (Å²) in [6.07, 6.45) is 3.68. The van der Waals surface area contributed by atoms with E-state index in [2.05, 4.69) is 11.5 Å². The van der Waals surface area contributed by atoms with Crippen LogP contribution in [0.3, 0.4) is 0 Å². The first kappa shape index (κ1) is 24.5. The standard InChI is InChI=1S/C31H30FN3O2/c1-3-4-19-33(31(37)25-11-6-5-10-22(25)2)21-29(36)35-27-13-8-7-12-26(27)34-20-9-14-28(34)30(35)23-15-17-24(32)18-16-23/h5-18,20,30H,3-4,19,21H2,1-2H3. The van der Waals surface area contributed by atoms with Gasteiger partial charge in [0.1, 0.15) is 18.4 Å². The highest BCUT2D eigenvalue weighted by atomic mass is 19.1. The van der Waals surface area contributed by atoms with Crippen LogP contribution in [0.2, 0.25) is 0 Å². The van der Waals surface area contributed by atoms with E-state index in [1.807, 2.05) is 73.8 Å². The van der Waals surface area contributed by atoms with Crippen molar-refractivity contribution < 1.29 is 14.0 Å². The minimum Gasteiger partial charge on any atom is -0.329 e. The molecule has 0 spiro atoms. The van der Waals surface area contributed by atoms with Crippen molar-refractivity contribution >= 4 is 17.5 Å². The molecule has 1 atom stereocenters. The van der Waals surface area contributed by atoms with Crippen molar-refractivity contribution in [1.82, 2.24) is 9.47 Å². The molecular formula is C31H30FN3O2. The van der Waals surface area contributed by atoms with E-state index < -0.39 is 6.04 Å². The van der Waals surface area contributed by atoms with Crippen LogP contribution in [-0.2, 0) is 4.79 Å². The number of halogens is 1. The lowest BCUT2D eigenvalue weighted by molar-refractivity contribution is -0.119. The van der Waals surface area contributed by atoms with Crippen LogP contribution in [0.5, 0.6) is 0 Å². The van der Waals surface area contributed by atoms with Gasteiger partial charge in [-0.2, -0.15) is 0 Å². The van der Waals surface area contributed by atoms with E-state index in [0.717, 1.165) is 41.0 Å². The number of carbonyl (C=O) groups is 2. The molecule has 5 nitrogen and oxygen atoms in total. The minimum atomic E-state index is -0.459. The van der Waals surface area contributed by atoms with E-state index in [1.54, 1.807) is 21.9 Å². The van der Waals surface area contributed by atoms with Crippen molar-refractivity contribution in [3.05, 3.63) is 119 Å². The first-order valence-electron chi connectivity index (χ1n) is 12.7. The Hall–Kier alpha value is -4.19. The summed E-state index contributed by atoms with van der Waals surface area (Å²) in [5.41, 5.74) is 4.84. The zero-order valence-electron chi connectivity index (χ0n) is 21.1. The maximum Gasteiger partial charge on any atom is 0.254 e. The predicted molar refractivity (Wildman–Crippen MR) is 143 cm³/mol. The number of aryl methyl sites for hydroxylation is 1. The Balaban J connectivity index is 1.56. The summed E-state index contributed by atoms with van der Waals surface area (Å²) in [5.74, 6) is -0.665. The highest BCUT2D eigenvalue weighted by Crippen LogP contribution is 2.42. The molecule has 6 heteroatoms. The lowest BCUT2D eigenvalue weighted by atomic mass is 9.97. The molecule has 0 radical (unpaired) electrons. The van der Waals surface area contributed by atoms with Crippen molar-refractivity contribution in [3.8, 4) is 5.69 Å². The van der Waals surface area contributed by atoms with Crippen LogP contribution < -0.4 is 4.90 Å². The molecule has 0 aliphatic carbocycles. The number of hydrogen-bond donors (Lipinski definition) is 0. The maximum absolute atomic E-state index is 14.2. The second-order valence-corrected chi connectivity index (χ2v) is 9.40. The Morgan fingerprint density at radius 1 is 0.892 bits per heavy atom. The van der Waals surface area contributed by atoms with Crippen LogP contribution in [0.1, 0.15) is 53.0 Å². The van der Waals surface area contributed by atoms with Gasteiger partial charge in [0.05, 0.1) is 17.1 Å². The summed E-state index contributed by atoms with van der Waals surface area (Å²) in [6.45, 7) is 4.41. The fourth-order valence-corrected chi connectivity index (χ4v) is 5.05. The average Bonchev–Trinajstić information content (AvgIpc) is 3.41. The number of para-hydroxylation sites is 2. The molecule has 1 aliphatic heterocycles. The Morgan fingerprint density at radius 2 is 1.59 bits per heavy atom. The molecule has 5 rings (SSSR count). The van der Waals surface area contributed by atoms with Gasteiger partial charge in [-0.1, -0.05) is 55.8 Å². The van der Waals surface area contributed by atoms with Gasteiger partial charge in [0.25, 0.3) is 5.91 Å². The molecule has 0 fully saturated rings. The number of amides is 2. The smallest absolute Gasteiger partial charge is 0.254 e. The van der Waals surface area contributed by atoms with Crippen LogP contribution in [0.25, 0.3) is 5.69 Å². The number of rotatable bonds is 7. The van der Waals surface area contributed by atoms with Crippen molar-refractivity contribution in [2.75, 3.05) is 18.0 Å². The summed E-state index contributed by atoms with van der Waals surface area (Å²) < 4.78 is 15.9. The van der Waals surface area contributed by atoms with Gasteiger partial charge in [-0.3, -0.25) is 14.5 Å². The van der Waals surface area contributed by atoms with Gasteiger partial charge in [0.15, 0.2) is 0 Å². The van der Waals surface area contributed by atoms with E-state index in [4.69, 9.17) is 0 Å². The van der Waals surface area contributed by atoms with Gasteiger partial charge in [0.2, 0.25) is 5.91 Å². The fourth-order valence-electron chi connectivity index (χ4n) is 5.05. The molecular weight excluding hydrogens is 465 g/mol. The first-order chi connectivity index (χ1) is 18.0. The van der Waals surface area contributed by atoms with Crippen LogP contribution in [-0.4, -0.2) is 34.4 Å². The number of aromatic nitrogens is 1. The quantitative estimate of drug-likeness (QED) is 0.302. The third-order valence-electron chi connectivity index (χ3n) is 6.94. The Kier molecular flexibility index (Phi) is 6.91. The topological polar surface area (TPSA) is 45.6 Å². The van der Waals surface area contributed by atoms with Crippen LogP contribution >= 0.6 is 0 Å². The van der Waals surface area contributed by atoms with Crippen molar-refractivity contribution in [3.63, 3.8) is 0 Å². The summed E-state index contributed by atoms with van der Waals surface area (Å²) in [6, 6.07) is 25.0. The van der Waals surface area contributed by atoms with Crippen molar-refractivity contribution in [2.45, 2.75) is 32.7 Å². The zero-order valence-corrected chi connectivity index (χ0v) is 21.1. The molecule has 2 amide bonds. The third kappa shape index (κ3) is 4.67.